The maximum Gasteiger partial charge on any atom is 0.327 e. The molecule has 0 aliphatic rings. The van der Waals surface area contributed by atoms with Crippen LogP contribution in [0.3, 0.4) is 0 Å². The summed E-state index contributed by atoms with van der Waals surface area (Å²) in [5.74, 6) is -1.96. The Kier molecular flexibility index (Phi) is 19.3. The van der Waals surface area contributed by atoms with Gasteiger partial charge in [-0.2, -0.15) is 0 Å². The summed E-state index contributed by atoms with van der Waals surface area (Å²) in [6.45, 7) is 5.92. The first-order valence-electron chi connectivity index (χ1n) is 2.25. The van der Waals surface area contributed by atoms with Gasteiger partial charge in [-0.05, 0) is 0 Å². The fourth-order valence-corrected chi connectivity index (χ4v) is 0. The fraction of sp³-hybridized carbons (Fsp3) is 0. The summed E-state index contributed by atoms with van der Waals surface area (Å²) in [6, 6.07) is 0. The summed E-state index contributed by atoms with van der Waals surface area (Å²) in [7, 11) is 0. The van der Waals surface area contributed by atoms with Crippen molar-refractivity contribution < 1.29 is 61.5 Å². The van der Waals surface area contributed by atoms with Crippen LogP contribution in [0.4, 0.5) is 0 Å². The molecule has 0 aromatic carbocycles. The zero-order valence-corrected chi connectivity index (χ0v) is 8.92. The SMILES string of the molecule is C=CC(=O)O.C=CC(=O)O.[Ce]. The predicted molar refractivity (Wildman–Crippen MR) is 35.7 cm³/mol. The van der Waals surface area contributed by atoms with Gasteiger partial charge in [0.25, 0.3) is 0 Å². The molecule has 0 heterocycles. The van der Waals surface area contributed by atoms with Crippen molar-refractivity contribution in [2.45, 2.75) is 0 Å². The average molecular weight is 284 g/mol. The molecule has 0 aromatic heterocycles. The Morgan fingerprint density at radius 3 is 1.09 bits per heavy atom. The molecule has 0 bridgehead atoms. The van der Waals surface area contributed by atoms with Crippen molar-refractivity contribution >= 4 is 11.9 Å². The predicted octanol–water partition coefficient (Wildman–Crippen LogP) is 0.514. The summed E-state index contributed by atoms with van der Waals surface area (Å²) < 4.78 is 0. The van der Waals surface area contributed by atoms with Gasteiger partial charge >= 0.3 is 11.9 Å². The van der Waals surface area contributed by atoms with Crippen LogP contribution in [0.5, 0.6) is 0 Å². The normalized spacial score (nSPS) is 5.82. The molecule has 0 rings (SSSR count). The molecule has 0 saturated carbocycles. The van der Waals surface area contributed by atoms with Gasteiger partial charge in [0.2, 0.25) is 0 Å². The monoisotopic (exact) mass is 284 g/mol. The Bertz CT molecular complexity index is 135. The van der Waals surface area contributed by atoms with E-state index in [-0.39, 0.29) is 41.7 Å². The molecule has 0 unspecified atom stereocenters. The molecule has 0 amide bonds. The molecule has 60 valence electrons. The van der Waals surface area contributed by atoms with Crippen LogP contribution in [0.15, 0.2) is 25.3 Å². The maximum absolute atomic E-state index is 9.25. The molecule has 0 aromatic rings. The van der Waals surface area contributed by atoms with Gasteiger partial charge in [0.15, 0.2) is 0 Å². The second-order valence-corrected chi connectivity index (χ2v) is 1.08. The molecule has 0 spiro atoms. The van der Waals surface area contributed by atoms with Crippen molar-refractivity contribution in [2.24, 2.45) is 0 Å². The molecule has 11 heavy (non-hydrogen) atoms. The van der Waals surface area contributed by atoms with Crippen molar-refractivity contribution in [1.82, 2.24) is 0 Å². The van der Waals surface area contributed by atoms with E-state index in [1.807, 2.05) is 0 Å². The molecule has 0 radical (unpaired) electrons. The van der Waals surface area contributed by atoms with Crippen LogP contribution in [-0.4, -0.2) is 22.2 Å². The number of carboxylic acid groups (broad SMARTS) is 2. The van der Waals surface area contributed by atoms with Gasteiger partial charge in [-0.3, -0.25) is 0 Å². The van der Waals surface area contributed by atoms with Crippen LogP contribution >= 0.6 is 0 Å². The molecule has 0 fully saturated rings. The maximum atomic E-state index is 9.25. The molecular formula is C6H8CeO4. The van der Waals surface area contributed by atoms with E-state index in [9.17, 15) is 9.59 Å². The Morgan fingerprint density at radius 2 is 1.09 bits per heavy atom. The molecule has 0 aliphatic heterocycles. The molecule has 0 saturated heterocycles. The second-order valence-electron chi connectivity index (χ2n) is 1.08. The molecule has 5 heteroatoms. The Labute approximate surface area is 98.0 Å². The zero-order valence-electron chi connectivity index (χ0n) is 5.78. The molecule has 0 atom stereocenters. The van der Waals surface area contributed by atoms with Crippen LogP contribution in [0.25, 0.3) is 0 Å². The third-order valence-corrected chi connectivity index (χ3v) is 0.349. The number of hydrogen-bond donors (Lipinski definition) is 2. The van der Waals surface area contributed by atoms with Crippen LogP contribution in [0.1, 0.15) is 0 Å². The average Bonchev–Trinajstić information content (AvgIpc) is 1.89. The first-order valence-corrected chi connectivity index (χ1v) is 2.25. The van der Waals surface area contributed by atoms with Gasteiger partial charge in [0.05, 0.1) is 0 Å². The first-order chi connectivity index (χ1) is 4.54. The number of aliphatic carboxylic acids is 2. The number of rotatable bonds is 2. The first kappa shape index (κ1) is 17.0. The van der Waals surface area contributed by atoms with Crippen LogP contribution < -0.4 is 0 Å². The van der Waals surface area contributed by atoms with Gasteiger partial charge in [0, 0.05) is 53.9 Å². The van der Waals surface area contributed by atoms with E-state index in [4.69, 9.17) is 10.2 Å². The van der Waals surface area contributed by atoms with E-state index in [0.29, 0.717) is 0 Å². The van der Waals surface area contributed by atoms with E-state index in [1.165, 1.54) is 0 Å². The van der Waals surface area contributed by atoms with Gasteiger partial charge in [0.1, 0.15) is 0 Å². The van der Waals surface area contributed by atoms with Crippen LogP contribution in [0.2, 0.25) is 0 Å². The Hall–Kier alpha value is -0.203. The van der Waals surface area contributed by atoms with Gasteiger partial charge in [-0.25, -0.2) is 9.59 Å². The number of hydrogen-bond acceptors (Lipinski definition) is 2. The smallest absolute Gasteiger partial charge is 0.327 e. The quantitative estimate of drug-likeness (QED) is 0.725. The van der Waals surface area contributed by atoms with Crippen molar-refractivity contribution in [2.75, 3.05) is 0 Å². The van der Waals surface area contributed by atoms with E-state index >= 15 is 0 Å². The largest absolute Gasteiger partial charge is 0.478 e. The summed E-state index contributed by atoms with van der Waals surface area (Å²) in [4.78, 5) is 18.5. The van der Waals surface area contributed by atoms with Crippen molar-refractivity contribution in [3.8, 4) is 0 Å². The van der Waals surface area contributed by atoms with E-state index in [2.05, 4.69) is 13.2 Å². The Morgan fingerprint density at radius 1 is 1.00 bits per heavy atom. The van der Waals surface area contributed by atoms with Gasteiger partial charge < -0.3 is 10.2 Å². The van der Waals surface area contributed by atoms with E-state index < -0.39 is 11.9 Å². The molecule has 2 N–H and O–H groups in total. The minimum absolute atomic E-state index is 0. The standard InChI is InChI=1S/2C3H4O2.Ce/c2*1-2-3(4)5;/h2*2H,1H2,(H,4,5);. The summed E-state index contributed by atoms with van der Waals surface area (Å²) in [5, 5.41) is 15.2. The van der Waals surface area contributed by atoms with Crippen molar-refractivity contribution in [1.29, 1.82) is 0 Å². The van der Waals surface area contributed by atoms with Crippen LogP contribution in [-0.2, 0) is 9.59 Å². The van der Waals surface area contributed by atoms with Crippen molar-refractivity contribution in [3.05, 3.63) is 25.3 Å². The minimum Gasteiger partial charge on any atom is -0.478 e. The third kappa shape index (κ3) is 41.3. The fourth-order valence-electron chi connectivity index (χ4n) is 0. The molecular weight excluding hydrogens is 276 g/mol. The van der Waals surface area contributed by atoms with Gasteiger partial charge in [-0.15, -0.1) is 0 Å². The van der Waals surface area contributed by atoms with E-state index in [0.717, 1.165) is 12.2 Å². The van der Waals surface area contributed by atoms with Gasteiger partial charge in [-0.1, -0.05) is 13.2 Å². The summed E-state index contributed by atoms with van der Waals surface area (Å²) in [6.07, 6.45) is 1.67. The minimum atomic E-state index is -0.981. The topological polar surface area (TPSA) is 74.6 Å². The summed E-state index contributed by atoms with van der Waals surface area (Å²) >= 11 is 0. The Balaban J connectivity index is -0.000000107. The molecule has 4 nitrogen and oxygen atoms in total. The van der Waals surface area contributed by atoms with Crippen LogP contribution in [0, 0.1) is 41.7 Å². The van der Waals surface area contributed by atoms with Crippen molar-refractivity contribution in [3.63, 3.8) is 0 Å². The third-order valence-electron chi connectivity index (χ3n) is 0.349. The van der Waals surface area contributed by atoms with E-state index in [1.54, 1.807) is 0 Å². The zero-order chi connectivity index (χ0) is 8.57. The molecule has 0 aliphatic carbocycles. The second kappa shape index (κ2) is 12.5. The number of carbonyl (C=O) groups is 2. The summed E-state index contributed by atoms with van der Waals surface area (Å²) in [5.41, 5.74) is 0. The number of carboxylic acids is 2.